The van der Waals surface area contributed by atoms with Gasteiger partial charge < -0.3 is 24.8 Å². The van der Waals surface area contributed by atoms with Crippen LogP contribution in [0.3, 0.4) is 0 Å². The van der Waals surface area contributed by atoms with Crippen LogP contribution in [-0.2, 0) is 44.9 Å². The minimum Gasteiger partial charge on any atom is -1.00 e. The van der Waals surface area contributed by atoms with E-state index in [9.17, 15) is 0 Å². The van der Waals surface area contributed by atoms with Gasteiger partial charge in [-0.15, -0.1) is 0 Å². The predicted molar refractivity (Wildman–Crippen MR) is 177 cm³/mol. The second-order valence-corrected chi connectivity index (χ2v) is 25.9. The Morgan fingerprint density at radius 1 is 0.833 bits per heavy atom. The summed E-state index contributed by atoms with van der Waals surface area (Å²) >= 11 is -2.44. The number of benzene rings is 3. The number of allylic oxidation sites excluding steroid dienone is 4. The Morgan fingerprint density at radius 3 is 2.05 bits per heavy atom. The van der Waals surface area contributed by atoms with Crippen molar-refractivity contribution in [2.45, 2.75) is 91.8 Å². The molecule has 0 saturated carbocycles. The molecule has 0 aromatic heterocycles. The van der Waals surface area contributed by atoms with Crippen LogP contribution in [-0.4, -0.2) is 11.8 Å². The molecule has 0 amide bonds. The summed E-state index contributed by atoms with van der Waals surface area (Å²) in [5.41, 5.74) is 10.9. The van der Waals surface area contributed by atoms with Crippen LogP contribution in [0.1, 0.15) is 76.3 Å². The van der Waals surface area contributed by atoms with Crippen molar-refractivity contribution < 1.29 is 46.1 Å². The number of halogens is 2. The summed E-state index contributed by atoms with van der Waals surface area (Å²) in [7, 11) is -1.39. The van der Waals surface area contributed by atoms with Crippen molar-refractivity contribution in [3.05, 3.63) is 109 Å². The van der Waals surface area contributed by atoms with E-state index < -0.39 is 29.3 Å². The first kappa shape index (κ1) is 35.2. The Labute approximate surface area is 277 Å². The first-order chi connectivity index (χ1) is 18.6. The Hall–Kier alpha value is -1.31. The van der Waals surface area contributed by atoms with Crippen molar-refractivity contribution in [3.63, 3.8) is 0 Å². The van der Waals surface area contributed by atoms with Gasteiger partial charge >= 0.3 is 254 Å². The predicted octanol–water partition coefficient (Wildman–Crippen LogP) is 3.49. The van der Waals surface area contributed by atoms with E-state index in [0.29, 0.717) is 5.92 Å². The molecule has 222 valence electrons. The third-order valence-corrected chi connectivity index (χ3v) is 18.1. The Balaban J connectivity index is 0.00000242. The molecule has 2 aliphatic rings. The van der Waals surface area contributed by atoms with E-state index in [0.717, 1.165) is 12.8 Å². The monoisotopic (exact) mass is 692 g/mol. The molecule has 2 aliphatic carbocycles. The summed E-state index contributed by atoms with van der Waals surface area (Å²) < 4.78 is 6.37. The zero-order chi connectivity index (χ0) is 29.0. The summed E-state index contributed by atoms with van der Waals surface area (Å²) in [6.07, 6.45) is 7.46. The molecule has 0 aliphatic heterocycles. The smallest absolute Gasteiger partial charge is 1.00 e. The average molecular weight is 695 g/mol. The zero-order valence-electron chi connectivity index (χ0n) is 27.3. The van der Waals surface area contributed by atoms with Crippen molar-refractivity contribution in [3.8, 4) is 11.1 Å². The van der Waals surface area contributed by atoms with Crippen LogP contribution in [0, 0.1) is 5.92 Å². The van der Waals surface area contributed by atoms with Crippen LogP contribution >= 0.6 is 0 Å². The van der Waals surface area contributed by atoms with E-state index in [2.05, 4.69) is 145 Å². The summed E-state index contributed by atoms with van der Waals surface area (Å²) in [5, 5.41) is 1.66. The molecule has 3 aromatic carbocycles. The molecule has 5 rings (SSSR count). The number of fused-ring (bicyclic) bond motifs is 3. The summed E-state index contributed by atoms with van der Waals surface area (Å²) in [6.45, 7) is 24.3. The van der Waals surface area contributed by atoms with Crippen LogP contribution in [0.15, 0.2) is 81.3 Å². The van der Waals surface area contributed by atoms with Gasteiger partial charge in [-0.25, -0.2) is 0 Å². The average Bonchev–Trinajstić information content (AvgIpc) is 3.44. The second kappa shape index (κ2) is 13.0. The number of hydrogen-bond donors (Lipinski definition) is 0. The van der Waals surface area contributed by atoms with Gasteiger partial charge in [-0.2, -0.15) is 0 Å². The quantitative estimate of drug-likeness (QED) is 0.281. The Kier molecular flexibility index (Phi) is 10.9. The molecule has 0 N–H and O–H groups in total. The fourth-order valence-electron chi connectivity index (χ4n) is 6.37. The molecule has 0 fully saturated rings. The van der Waals surface area contributed by atoms with Crippen LogP contribution in [0.5, 0.6) is 0 Å². The van der Waals surface area contributed by atoms with Crippen molar-refractivity contribution >= 4 is 15.1 Å². The Morgan fingerprint density at radius 2 is 1.48 bits per heavy atom. The minimum absolute atomic E-state index is 0. The largest absolute Gasteiger partial charge is 1.00 e. The summed E-state index contributed by atoms with van der Waals surface area (Å²) in [5.74, 6) is 0.545. The van der Waals surface area contributed by atoms with Gasteiger partial charge in [-0.1, -0.05) is 0 Å². The standard InChI is InChI=1S/C21H25.C9H15Si.C8H8.2ClH.Zr/c1-20(2,3)16-7-9-18-14(12-16)11-15-13-17(21(4,5)6)8-10-19(15)18;1-8-5-6-9(7-8)10(2,3)4;1-2-8-6-4-3-5-7-8;;;/h7-10,12H,11H2,1-6H3;6-8H,1-4H3;1,3-7H,2H2;2*1H;/q;;;;;+2/p-2. The maximum Gasteiger partial charge on any atom is -1.00 e. The fourth-order valence-corrected chi connectivity index (χ4v) is 16.3. The third-order valence-electron chi connectivity index (χ3n) is 8.81. The normalized spacial score (nSPS) is 16.2. The first-order valence-electron chi connectivity index (χ1n) is 15.1. The van der Waals surface area contributed by atoms with Crippen LogP contribution in [0.25, 0.3) is 11.1 Å². The second-order valence-electron chi connectivity index (χ2n) is 15.1. The van der Waals surface area contributed by atoms with Crippen molar-refractivity contribution in [1.82, 2.24) is 0 Å². The van der Waals surface area contributed by atoms with E-state index in [1.165, 1.54) is 27.8 Å². The molecule has 1 unspecified atom stereocenters. The van der Waals surface area contributed by atoms with Gasteiger partial charge in [-0.05, 0) is 0 Å². The zero-order valence-corrected chi connectivity index (χ0v) is 32.2. The van der Waals surface area contributed by atoms with Crippen molar-refractivity contribution in [2.24, 2.45) is 5.92 Å². The maximum absolute atomic E-state index is 2.83. The molecular weight excluding hydrogens is 647 g/mol. The SMILES string of the molecule is CC1C=C([Si](C)(C)C)C=[C]1[Zr+2](=[CH]Cc1ccccc1)[c]1c(C(C)(C)C)ccc2c1Cc1cc(C(C)(C)C)ccc1-2.[Cl-].[Cl-]. The van der Waals surface area contributed by atoms with E-state index in [1.54, 1.807) is 22.9 Å². The third kappa shape index (κ3) is 7.15. The van der Waals surface area contributed by atoms with Crippen LogP contribution in [0.4, 0.5) is 0 Å². The first-order valence-corrected chi connectivity index (χ1v) is 22.5. The fraction of sp³-hybridized carbons (Fsp3) is 0.395. The maximum atomic E-state index is 2.83. The molecule has 0 saturated heterocycles. The van der Waals surface area contributed by atoms with Gasteiger partial charge in [0.15, 0.2) is 0 Å². The minimum atomic E-state index is -2.44. The molecule has 0 spiro atoms. The van der Waals surface area contributed by atoms with Gasteiger partial charge in [0.05, 0.1) is 0 Å². The van der Waals surface area contributed by atoms with Gasteiger partial charge in [0.1, 0.15) is 0 Å². The van der Waals surface area contributed by atoms with E-state index in [4.69, 9.17) is 0 Å². The Bertz CT molecular complexity index is 1540. The molecule has 0 heterocycles. The summed E-state index contributed by atoms with van der Waals surface area (Å²) in [4.78, 5) is 0. The topological polar surface area (TPSA) is 0 Å². The van der Waals surface area contributed by atoms with E-state index in [-0.39, 0.29) is 35.6 Å². The molecule has 0 radical (unpaired) electrons. The molecule has 1 atom stereocenters. The van der Waals surface area contributed by atoms with Crippen molar-refractivity contribution in [2.75, 3.05) is 0 Å². The number of rotatable bonds is 5. The van der Waals surface area contributed by atoms with Gasteiger partial charge in [0.2, 0.25) is 0 Å². The molecule has 4 heteroatoms. The van der Waals surface area contributed by atoms with Gasteiger partial charge in [0, 0.05) is 0 Å². The van der Waals surface area contributed by atoms with Crippen molar-refractivity contribution in [1.29, 1.82) is 0 Å². The molecule has 42 heavy (non-hydrogen) atoms. The van der Waals surface area contributed by atoms with Gasteiger partial charge in [-0.3, -0.25) is 0 Å². The molecular formula is C38H48Cl2SiZr. The molecule has 3 aromatic rings. The van der Waals surface area contributed by atoms with Crippen LogP contribution < -0.4 is 28.1 Å². The number of hydrogen-bond acceptors (Lipinski definition) is 0. The van der Waals surface area contributed by atoms with E-state index >= 15 is 0 Å². The van der Waals surface area contributed by atoms with Gasteiger partial charge in [0.25, 0.3) is 0 Å². The molecule has 0 nitrogen and oxygen atoms in total. The van der Waals surface area contributed by atoms with Crippen LogP contribution in [0.2, 0.25) is 19.6 Å². The summed E-state index contributed by atoms with van der Waals surface area (Å²) in [6, 6.07) is 23.4. The van der Waals surface area contributed by atoms with E-state index in [1.807, 2.05) is 0 Å². The molecule has 0 bridgehead atoms.